The van der Waals surface area contributed by atoms with Gasteiger partial charge in [-0.25, -0.2) is 0 Å². The molecule has 0 saturated heterocycles. The maximum atomic E-state index is 2.23. The van der Waals surface area contributed by atoms with Crippen molar-refractivity contribution in [3.8, 4) is 0 Å². The molecule has 0 spiro atoms. The summed E-state index contributed by atoms with van der Waals surface area (Å²) in [6.45, 7) is 4.27. The van der Waals surface area contributed by atoms with Crippen LogP contribution in [-0.4, -0.2) is 0 Å². The Hall–Kier alpha value is -0.310. The second-order valence-electron chi connectivity index (χ2n) is 2.64. The third-order valence-corrected chi connectivity index (χ3v) is 2.15. The number of hydrogen-bond acceptors (Lipinski definition) is 0. The first-order chi connectivity index (χ1) is 5.24. The molecule has 0 atom stereocenters. The molecule has 0 radical (unpaired) electrons. The van der Waals surface area contributed by atoms with E-state index in [-0.39, 0.29) is 0 Å². The van der Waals surface area contributed by atoms with E-state index in [2.05, 4.69) is 60.7 Å². The molecule has 0 aliphatic heterocycles. The smallest absolute Gasteiger partial charge is 0.0228 e. The molecule has 0 N–H and O–H groups in total. The van der Waals surface area contributed by atoms with Crippen LogP contribution in [0.4, 0.5) is 0 Å². The fourth-order valence-electron chi connectivity index (χ4n) is 0.941. The molecule has 0 aliphatic rings. The number of benzene rings is 1. The van der Waals surface area contributed by atoms with Crippen LogP contribution in [-0.2, 0) is 0 Å². The van der Waals surface area contributed by atoms with Crippen LogP contribution in [0.5, 0.6) is 0 Å². The van der Waals surface area contributed by atoms with Crippen LogP contribution >= 0.6 is 22.6 Å². The minimum absolute atomic E-state index is 1.28. The zero-order valence-electron chi connectivity index (χ0n) is 6.76. The van der Waals surface area contributed by atoms with Crippen molar-refractivity contribution in [2.75, 3.05) is 0 Å². The zero-order valence-corrected chi connectivity index (χ0v) is 8.92. The maximum absolute atomic E-state index is 2.23. The molecule has 0 heterocycles. The molecule has 1 heteroatoms. The molecule has 58 valence electrons. The summed E-state index contributed by atoms with van der Waals surface area (Å²) in [7, 11) is 0. The molecule has 0 unspecified atom stereocenters. The Bertz CT molecular complexity index is 274. The second-order valence-corrected chi connectivity index (χ2v) is 3.36. The summed E-state index contributed by atoms with van der Waals surface area (Å²) in [5.74, 6) is 0. The Labute approximate surface area is 81.5 Å². The molecule has 0 nitrogen and oxygen atoms in total. The molecule has 0 fully saturated rings. The van der Waals surface area contributed by atoms with Gasteiger partial charge in [0.1, 0.15) is 0 Å². The van der Waals surface area contributed by atoms with Crippen molar-refractivity contribution in [3.05, 3.63) is 39.0 Å². The Morgan fingerprint density at radius 2 is 1.91 bits per heavy atom. The zero-order chi connectivity index (χ0) is 8.27. The average molecular weight is 258 g/mol. The third kappa shape index (κ3) is 2.33. The van der Waals surface area contributed by atoms with E-state index in [0.717, 1.165) is 0 Å². The van der Waals surface area contributed by atoms with Crippen molar-refractivity contribution in [3.63, 3.8) is 0 Å². The summed E-state index contributed by atoms with van der Waals surface area (Å²) in [5, 5.41) is 0. The monoisotopic (exact) mass is 258 g/mol. The Morgan fingerprint density at radius 3 is 2.45 bits per heavy atom. The number of hydrogen-bond donors (Lipinski definition) is 0. The van der Waals surface area contributed by atoms with Crippen LogP contribution in [0.3, 0.4) is 0 Å². The molecule has 1 aromatic carbocycles. The Morgan fingerprint density at radius 1 is 1.18 bits per heavy atom. The summed E-state index contributed by atoms with van der Waals surface area (Å²) in [6, 6.07) is 6.49. The van der Waals surface area contributed by atoms with Crippen LogP contribution < -0.4 is 0 Å². The van der Waals surface area contributed by atoms with E-state index in [9.17, 15) is 0 Å². The summed E-state index contributed by atoms with van der Waals surface area (Å²) in [5.41, 5.74) is 4.00. The van der Waals surface area contributed by atoms with Crippen molar-refractivity contribution in [1.82, 2.24) is 0 Å². The summed E-state index contributed by atoms with van der Waals surface area (Å²) < 4.78 is 2.03. The molecular weight excluding hydrogens is 247 g/mol. The van der Waals surface area contributed by atoms with Gasteiger partial charge in [-0.1, -0.05) is 40.8 Å². The Kier molecular flexibility index (Phi) is 3.12. The highest BCUT2D eigenvalue weighted by atomic mass is 127. The van der Waals surface area contributed by atoms with Gasteiger partial charge in [0, 0.05) is 0 Å². The lowest BCUT2D eigenvalue weighted by Crippen LogP contribution is -1.80. The standard InChI is InChI=1S/C10H11I/c1-8-3-4-10(5-6-11)7-9(8)2/h3-7H,1-2H3/b6-5+. The van der Waals surface area contributed by atoms with E-state index in [1.165, 1.54) is 16.7 Å². The van der Waals surface area contributed by atoms with Crippen molar-refractivity contribution >= 4 is 28.7 Å². The fourth-order valence-corrected chi connectivity index (χ4v) is 1.36. The van der Waals surface area contributed by atoms with E-state index in [4.69, 9.17) is 0 Å². The van der Waals surface area contributed by atoms with Gasteiger partial charge in [0.25, 0.3) is 0 Å². The Balaban J connectivity index is 3.05. The highest BCUT2D eigenvalue weighted by molar-refractivity contribution is 14.1. The molecule has 0 amide bonds. The number of aryl methyl sites for hydroxylation is 2. The van der Waals surface area contributed by atoms with Crippen molar-refractivity contribution in [1.29, 1.82) is 0 Å². The van der Waals surface area contributed by atoms with Crippen LogP contribution in [0.2, 0.25) is 0 Å². The summed E-state index contributed by atoms with van der Waals surface area (Å²) in [6.07, 6.45) is 2.10. The number of halogens is 1. The first-order valence-electron chi connectivity index (χ1n) is 3.58. The quantitative estimate of drug-likeness (QED) is 0.673. The van der Waals surface area contributed by atoms with Crippen molar-refractivity contribution in [2.45, 2.75) is 13.8 Å². The molecule has 1 rings (SSSR count). The second kappa shape index (κ2) is 3.90. The summed E-state index contributed by atoms with van der Waals surface area (Å²) in [4.78, 5) is 0. The van der Waals surface area contributed by atoms with Gasteiger partial charge in [-0.15, -0.1) is 0 Å². The molecule has 0 saturated carbocycles. The third-order valence-electron chi connectivity index (χ3n) is 1.79. The van der Waals surface area contributed by atoms with Crippen LogP contribution in [0.25, 0.3) is 6.08 Å². The van der Waals surface area contributed by atoms with Gasteiger partial charge in [0.2, 0.25) is 0 Å². The van der Waals surface area contributed by atoms with Gasteiger partial charge in [0.05, 0.1) is 0 Å². The van der Waals surface area contributed by atoms with Gasteiger partial charge in [-0.3, -0.25) is 0 Å². The van der Waals surface area contributed by atoms with E-state index < -0.39 is 0 Å². The highest BCUT2D eigenvalue weighted by Gasteiger charge is 1.91. The van der Waals surface area contributed by atoms with Crippen LogP contribution in [0.15, 0.2) is 22.3 Å². The average Bonchev–Trinajstić information content (AvgIpc) is 1.98. The molecular formula is C10H11I. The lowest BCUT2D eigenvalue weighted by atomic mass is 10.1. The molecule has 11 heavy (non-hydrogen) atoms. The lowest BCUT2D eigenvalue weighted by molar-refractivity contribution is 1.33. The molecule has 0 aliphatic carbocycles. The molecule has 1 aromatic rings. The van der Waals surface area contributed by atoms with Gasteiger partial charge in [0.15, 0.2) is 0 Å². The van der Waals surface area contributed by atoms with Gasteiger partial charge >= 0.3 is 0 Å². The van der Waals surface area contributed by atoms with Crippen molar-refractivity contribution in [2.24, 2.45) is 0 Å². The molecule has 0 aromatic heterocycles. The fraction of sp³-hybridized carbons (Fsp3) is 0.200. The van der Waals surface area contributed by atoms with E-state index >= 15 is 0 Å². The van der Waals surface area contributed by atoms with E-state index in [1.807, 2.05) is 4.08 Å². The van der Waals surface area contributed by atoms with E-state index in [0.29, 0.717) is 0 Å². The topological polar surface area (TPSA) is 0 Å². The minimum atomic E-state index is 1.28. The lowest BCUT2D eigenvalue weighted by Gasteiger charge is -1.99. The predicted octanol–water partition coefficient (Wildman–Crippen LogP) is 3.71. The molecule has 0 bridgehead atoms. The predicted molar refractivity (Wildman–Crippen MR) is 59.0 cm³/mol. The SMILES string of the molecule is Cc1ccc(/C=C/I)cc1C. The van der Waals surface area contributed by atoms with Crippen LogP contribution in [0.1, 0.15) is 16.7 Å². The van der Waals surface area contributed by atoms with E-state index in [1.54, 1.807) is 0 Å². The highest BCUT2D eigenvalue weighted by Crippen LogP contribution is 2.11. The minimum Gasteiger partial charge on any atom is -0.0585 e. The largest absolute Gasteiger partial charge is 0.0585 e. The normalized spacial score (nSPS) is 10.8. The maximum Gasteiger partial charge on any atom is -0.0228 e. The van der Waals surface area contributed by atoms with Gasteiger partial charge in [-0.2, -0.15) is 0 Å². The van der Waals surface area contributed by atoms with Crippen molar-refractivity contribution < 1.29 is 0 Å². The summed E-state index contributed by atoms with van der Waals surface area (Å²) >= 11 is 2.23. The number of rotatable bonds is 1. The first-order valence-corrected chi connectivity index (χ1v) is 4.82. The van der Waals surface area contributed by atoms with Crippen LogP contribution in [0, 0.1) is 13.8 Å². The van der Waals surface area contributed by atoms with Gasteiger partial charge < -0.3 is 0 Å². The first kappa shape index (κ1) is 8.78. The van der Waals surface area contributed by atoms with Gasteiger partial charge in [-0.05, 0) is 40.7 Å².